The highest BCUT2D eigenvalue weighted by atomic mass is 35.5. The predicted molar refractivity (Wildman–Crippen MR) is 110 cm³/mol. The van der Waals surface area contributed by atoms with Crippen LogP contribution in [0.2, 0.25) is 5.02 Å². The van der Waals surface area contributed by atoms with Crippen molar-refractivity contribution in [1.29, 1.82) is 0 Å². The lowest BCUT2D eigenvalue weighted by Gasteiger charge is -2.27. The van der Waals surface area contributed by atoms with Gasteiger partial charge in [-0.15, -0.1) is 0 Å². The molecule has 2 atom stereocenters. The molecule has 2 unspecified atom stereocenters. The lowest BCUT2D eigenvalue weighted by molar-refractivity contribution is -0.134. The minimum atomic E-state index is -0.560. The molecule has 0 fully saturated rings. The van der Waals surface area contributed by atoms with Crippen LogP contribution >= 0.6 is 11.6 Å². The van der Waals surface area contributed by atoms with E-state index in [-0.39, 0.29) is 18.1 Å². The molecule has 0 saturated carbocycles. The third-order valence-electron chi connectivity index (χ3n) is 4.73. The van der Waals surface area contributed by atoms with Gasteiger partial charge in [-0.05, 0) is 29.7 Å². The number of carbonyl (C=O) groups is 2. The summed E-state index contributed by atoms with van der Waals surface area (Å²) in [5.41, 5.74) is 7.39. The fourth-order valence-corrected chi connectivity index (χ4v) is 3.27. The number of hydrogen-bond acceptors (Lipinski definition) is 4. The number of benzene rings is 2. The normalized spacial score (nSPS) is 16.3. The van der Waals surface area contributed by atoms with Gasteiger partial charge in [-0.3, -0.25) is 9.59 Å². The van der Waals surface area contributed by atoms with E-state index in [4.69, 9.17) is 26.8 Å². The Morgan fingerprint density at radius 2 is 1.79 bits per heavy atom. The van der Waals surface area contributed by atoms with Gasteiger partial charge in [0.15, 0.2) is 0 Å². The highest BCUT2D eigenvalue weighted by Crippen LogP contribution is 2.22. The molecule has 0 bridgehead atoms. The summed E-state index contributed by atoms with van der Waals surface area (Å²) in [6, 6.07) is 16.6. The van der Waals surface area contributed by atoms with Crippen molar-refractivity contribution >= 4 is 23.4 Å². The van der Waals surface area contributed by atoms with Gasteiger partial charge in [0.05, 0.1) is 0 Å². The summed E-state index contributed by atoms with van der Waals surface area (Å²) in [5, 5.41) is 0.621. The number of carbonyl (C=O) groups excluding carboxylic acids is 2. The van der Waals surface area contributed by atoms with Gasteiger partial charge in [-0.1, -0.05) is 54.1 Å². The number of primary amides is 1. The Kier molecular flexibility index (Phi) is 6.77. The molecule has 0 radical (unpaired) electrons. The second-order valence-electron chi connectivity index (χ2n) is 6.93. The van der Waals surface area contributed by atoms with Gasteiger partial charge in [0.2, 0.25) is 18.0 Å². The van der Waals surface area contributed by atoms with Gasteiger partial charge < -0.3 is 20.1 Å². The molecule has 2 amide bonds. The van der Waals surface area contributed by atoms with Crippen molar-refractivity contribution in [1.82, 2.24) is 4.90 Å². The Morgan fingerprint density at radius 1 is 1.10 bits per heavy atom. The van der Waals surface area contributed by atoms with Gasteiger partial charge in [-0.25, -0.2) is 0 Å². The lowest BCUT2D eigenvalue weighted by atomic mass is 10.0. The summed E-state index contributed by atoms with van der Waals surface area (Å²) in [5.74, 6) is -0.733. The van der Waals surface area contributed by atoms with Crippen LogP contribution in [0, 0.1) is 0 Å². The zero-order valence-electron chi connectivity index (χ0n) is 16.1. The predicted octanol–water partition coefficient (Wildman–Crippen LogP) is 3.04. The summed E-state index contributed by atoms with van der Waals surface area (Å²) in [7, 11) is 1.63. The SMILES string of the molecule is CN(C(=O)C1=COC(Cc2ccccc2)O1)C(CC(N)=O)Cc1ccc(Cl)cc1. The molecule has 7 heteroatoms. The molecule has 2 aromatic rings. The highest BCUT2D eigenvalue weighted by molar-refractivity contribution is 6.30. The minimum Gasteiger partial charge on any atom is -0.458 e. The number of rotatable bonds is 8. The maximum absolute atomic E-state index is 12.9. The van der Waals surface area contributed by atoms with Crippen LogP contribution in [-0.2, 0) is 31.9 Å². The molecule has 0 saturated heterocycles. The number of hydrogen-bond donors (Lipinski definition) is 1. The van der Waals surface area contributed by atoms with E-state index in [2.05, 4.69) is 0 Å². The fourth-order valence-electron chi connectivity index (χ4n) is 3.14. The molecule has 1 heterocycles. The first-order valence-corrected chi connectivity index (χ1v) is 9.66. The third-order valence-corrected chi connectivity index (χ3v) is 4.98. The van der Waals surface area contributed by atoms with Gasteiger partial charge in [0.25, 0.3) is 5.91 Å². The number of nitrogens with two attached hydrogens (primary N) is 1. The largest absolute Gasteiger partial charge is 0.458 e. The van der Waals surface area contributed by atoms with Crippen LogP contribution in [0.5, 0.6) is 0 Å². The third kappa shape index (κ3) is 5.74. The summed E-state index contributed by atoms with van der Waals surface area (Å²) in [6.07, 6.45) is 1.79. The highest BCUT2D eigenvalue weighted by Gasteiger charge is 2.31. The van der Waals surface area contributed by atoms with Crippen LogP contribution in [0.25, 0.3) is 0 Å². The summed E-state index contributed by atoms with van der Waals surface area (Å²) in [6.45, 7) is 0. The van der Waals surface area contributed by atoms with Crippen LogP contribution in [0.1, 0.15) is 17.5 Å². The van der Waals surface area contributed by atoms with Crippen LogP contribution in [0.3, 0.4) is 0 Å². The van der Waals surface area contributed by atoms with E-state index in [1.54, 1.807) is 19.2 Å². The lowest BCUT2D eigenvalue weighted by Crippen LogP contribution is -2.42. The van der Waals surface area contributed by atoms with Crippen LogP contribution < -0.4 is 5.73 Å². The van der Waals surface area contributed by atoms with Crippen molar-refractivity contribution in [2.75, 3.05) is 7.05 Å². The molecule has 1 aliphatic heterocycles. The monoisotopic (exact) mass is 414 g/mol. The van der Waals surface area contributed by atoms with Crippen molar-refractivity contribution < 1.29 is 19.1 Å². The number of nitrogens with zero attached hydrogens (tertiary/aromatic N) is 1. The van der Waals surface area contributed by atoms with E-state index >= 15 is 0 Å². The Labute approximate surface area is 174 Å². The van der Waals surface area contributed by atoms with E-state index in [1.807, 2.05) is 42.5 Å². The zero-order valence-corrected chi connectivity index (χ0v) is 16.8. The van der Waals surface area contributed by atoms with Gasteiger partial charge in [-0.2, -0.15) is 0 Å². The van der Waals surface area contributed by atoms with E-state index in [0.29, 0.717) is 17.9 Å². The zero-order chi connectivity index (χ0) is 20.8. The number of amides is 2. The Balaban J connectivity index is 1.64. The van der Waals surface area contributed by atoms with E-state index in [1.165, 1.54) is 11.2 Å². The smallest absolute Gasteiger partial charge is 0.292 e. The van der Waals surface area contributed by atoms with Crippen LogP contribution in [0.15, 0.2) is 66.6 Å². The summed E-state index contributed by atoms with van der Waals surface area (Å²) in [4.78, 5) is 25.9. The molecular weight excluding hydrogens is 392 g/mol. The number of ether oxygens (including phenoxy) is 2. The second kappa shape index (κ2) is 9.47. The maximum atomic E-state index is 12.9. The quantitative estimate of drug-likeness (QED) is 0.719. The second-order valence-corrected chi connectivity index (χ2v) is 7.36. The topological polar surface area (TPSA) is 81.9 Å². The summed E-state index contributed by atoms with van der Waals surface area (Å²) >= 11 is 5.93. The molecule has 0 aliphatic carbocycles. The molecule has 0 aromatic heterocycles. The number of halogens is 1. The molecule has 1 aliphatic rings. The van der Waals surface area contributed by atoms with Crippen LogP contribution in [0.4, 0.5) is 0 Å². The maximum Gasteiger partial charge on any atom is 0.292 e. The molecule has 3 rings (SSSR count). The number of likely N-dealkylation sites (N-methyl/N-ethyl adjacent to an activating group) is 1. The van der Waals surface area contributed by atoms with E-state index in [0.717, 1.165) is 11.1 Å². The average Bonchev–Trinajstić information content (AvgIpc) is 3.17. The standard InChI is InChI=1S/C22H23ClN2O4/c1-25(18(13-20(24)26)11-16-7-9-17(23)10-8-16)22(27)19-14-28-21(29-19)12-15-5-3-2-4-6-15/h2-10,14,18,21H,11-13H2,1H3,(H2,24,26). The first-order chi connectivity index (χ1) is 13.9. The van der Waals surface area contributed by atoms with Gasteiger partial charge in [0, 0.05) is 31.0 Å². The van der Waals surface area contributed by atoms with Crippen molar-refractivity contribution in [2.45, 2.75) is 31.6 Å². The Hall–Kier alpha value is -2.99. The average molecular weight is 415 g/mol. The molecule has 6 nitrogen and oxygen atoms in total. The fraction of sp³-hybridized carbons (Fsp3) is 0.273. The molecule has 152 valence electrons. The molecule has 2 aromatic carbocycles. The minimum absolute atomic E-state index is 0.0342. The molecule has 29 heavy (non-hydrogen) atoms. The van der Waals surface area contributed by atoms with Crippen LogP contribution in [-0.4, -0.2) is 36.1 Å². The summed E-state index contributed by atoms with van der Waals surface area (Å²) < 4.78 is 11.2. The van der Waals surface area contributed by atoms with Gasteiger partial charge >= 0.3 is 0 Å². The first-order valence-electron chi connectivity index (χ1n) is 9.28. The molecule has 2 N–H and O–H groups in total. The van der Waals surface area contributed by atoms with E-state index < -0.39 is 18.2 Å². The van der Waals surface area contributed by atoms with Gasteiger partial charge in [0.1, 0.15) is 6.26 Å². The van der Waals surface area contributed by atoms with Crippen molar-refractivity contribution in [3.8, 4) is 0 Å². The molecule has 0 spiro atoms. The molecular formula is C22H23ClN2O4. The van der Waals surface area contributed by atoms with Crippen molar-refractivity contribution in [2.24, 2.45) is 5.73 Å². The van der Waals surface area contributed by atoms with E-state index in [9.17, 15) is 9.59 Å². The Morgan fingerprint density at radius 3 is 2.45 bits per heavy atom. The van der Waals surface area contributed by atoms with Crippen molar-refractivity contribution in [3.63, 3.8) is 0 Å². The Bertz CT molecular complexity index is 883. The first kappa shape index (κ1) is 20.7. The van der Waals surface area contributed by atoms with Crippen molar-refractivity contribution in [3.05, 3.63) is 82.8 Å².